The van der Waals surface area contributed by atoms with Crippen LogP contribution in [0.25, 0.3) is 0 Å². The first-order valence-electron chi connectivity index (χ1n) is 7.96. The molecule has 0 radical (unpaired) electrons. The number of nitrogens with one attached hydrogen (secondary N) is 1. The number of carbonyl (C=O) groups excluding carboxylic acids is 1. The third-order valence-electron chi connectivity index (χ3n) is 3.98. The lowest BCUT2D eigenvalue weighted by atomic mass is 10.1. The van der Waals surface area contributed by atoms with Gasteiger partial charge in [0.15, 0.2) is 5.82 Å². The molecule has 0 bridgehead atoms. The van der Waals surface area contributed by atoms with Crippen LogP contribution in [0.3, 0.4) is 0 Å². The molecule has 1 aliphatic rings. The van der Waals surface area contributed by atoms with E-state index in [1.165, 1.54) is 0 Å². The number of anilines is 2. The molecule has 0 aromatic carbocycles. The Morgan fingerprint density at radius 1 is 1.22 bits per heavy atom. The highest BCUT2D eigenvalue weighted by molar-refractivity contribution is 5.79. The topological polar surface area (TPSA) is 71.0 Å². The van der Waals surface area contributed by atoms with E-state index >= 15 is 0 Å². The molecule has 0 aliphatic carbocycles. The number of hydrogen-bond donors (Lipinski definition) is 1. The van der Waals surface area contributed by atoms with Crippen molar-refractivity contribution in [3.63, 3.8) is 0 Å². The lowest BCUT2D eigenvalue weighted by Crippen LogP contribution is -2.34. The summed E-state index contributed by atoms with van der Waals surface area (Å²) in [6.07, 6.45) is 6.95. The maximum absolute atomic E-state index is 12.4. The van der Waals surface area contributed by atoms with Crippen molar-refractivity contribution in [2.75, 3.05) is 11.9 Å². The van der Waals surface area contributed by atoms with E-state index in [2.05, 4.69) is 20.3 Å². The van der Waals surface area contributed by atoms with Crippen LogP contribution in [0.2, 0.25) is 0 Å². The van der Waals surface area contributed by atoms with Crippen molar-refractivity contribution in [1.29, 1.82) is 0 Å². The number of rotatable bonds is 4. The predicted molar refractivity (Wildman–Crippen MR) is 88.1 cm³/mol. The van der Waals surface area contributed by atoms with Crippen LogP contribution in [0.5, 0.6) is 0 Å². The molecule has 1 N–H and O–H groups in total. The molecule has 1 amide bonds. The van der Waals surface area contributed by atoms with E-state index in [1.807, 2.05) is 36.9 Å². The number of amides is 1. The monoisotopic (exact) mass is 311 g/mol. The molecule has 3 heterocycles. The van der Waals surface area contributed by atoms with E-state index in [0.29, 0.717) is 11.6 Å². The Hall–Kier alpha value is -2.50. The number of pyridine rings is 1. The van der Waals surface area contributed by atoms with Crippen molar-refractivity contribution in [2.45, 2.75) is 32.7 Å². The molecule has 0 saturated carbocycles. The first-order valence-corrected chi connectivity index (χ1v) is 7.96. The van der Waals surface area contributed by atoms with Gasteiger partial charge in [0.1, 0.15) is 11.5 Å². The molecule has 2 aromatic heterocycles. The summed E-state index contributed by atoms with van der Waals surface area (Å²) in [4.78, 5) is 27.5. The summed E-state index contributed by atoms with van der Waals surface area (Å²) in [6, 6.07) is 5.63. The van der Waals surface area contributed by atoms with Crippen molar-refractivity contribution in [1.82, 2.24) is 19.9 Å². The first kappa shape index (κ1) is 15.4. The fraction of sp³-hybridized carbons (Fsp3) is 0.412. The van der Waals surface area contributed by atoms with Gasteiger partial charge in [0, 0.05) is 31.1 Å². The van der Waals surface area contributed by atoms with Gasteiger partial charge >= 0.3 is 0 Å². The highest BCUT2D eigenvalue weighted by atomic mass is 16.2. The lowest BCUT2D eigenvalue weighted by Gasteiger charge is -2.27. The van der Waals surface area contributed by atoms with Gasteiger partial charge in [-0.2, -0.15) is 0 Å². The minimum Gasteiger partial charge on any atom is -0.334 e. The molecular weight excluding hydrogens is 290 g/mol. The Balaban J connectivity index is 1.89. The molecule has 23 heavy (non-hydrogen) atoms. The van der Waals surface area contributed by atoms with E-state index in [9.17, 15) is 4.79 Å². The maximum Gasteiger partial charge on any atom is 0.225 e. The normalized spacial score (nSPS) is 17.5. The van der Waals surface area contributed by atoms with Crippen LogP contribution >= 0.6 is 0 Å². The summed E-state index contributed by atoms with van der Waals surface area (Å²) in [6.45, 7) is 4.64. The third-order valence-corrected chi connectivity index (χ3v) is 3.98. The Kier molecular flexibility index (Phi) is 4.50. The number of hydrogen-bond acceptors (Lipinski definition) is 5. The van der Waals surface area contributed by atoms with Gasteiger partial charge in [-0.15, -0.1) is 0 Å². The summed E-state index contributed by atoms with van der Waals surface area (Å²) in [5.41, 5.74) is 0.810. The van der Waals surface area contributed by atoms with Gasteiger partial charge in [0.05, 0.1) is 6.04 Å². The van der Waals surface area contributed by atoms with Crippen LogP contribution in [0.4, 0.5) is 11.6 Å². The SMILES string of the molecule is CC(C)C(=O)N1CCC[C@H]1c1nccnc1Nc1ccccn1. The Morgan fingerprint density at radius 3 is 2.78 bits per heavy atom. The zero-order chi connectivity index (χ0) is 16.2. The van der Waals surface area contributed by atoms with E-state index in [-0.39, 0.29) is 17.9 Å². The third kappa shape index (κ3) is 3.31. The predicted octanol–water partition coefficient (Wildman–Crippen LogP) is 2.93. The van der Waals surface area contributed by atoms with Gasteiger partial charge in [-0.1, -0.05) is 19.9 Å². The van der Waals surface area contributed by atoms with E-state index in [4.69, 9.17) is 0 Å². The molecule has 0 spiro atoms. The molecule has 6 heteroatoms. The lowest BCUT2D eigenvalue weighted by molar-refractivity contribution is -0.135. The van der Waals surface area contributed by atoms with E-state index < -0.39 is 0 Å². The van der Waals surface area contributed by atoms with Crippen LogP contribution in [0, 0.1) is 5.92 Å². The van der Waals surface area contributed by atoms with E-state index in [0.717, 1.165) is 25.1 Å². The molecular formula is C17H21N5O. The largest absolute Gasteiger partial charge is 0.334 e. The summed E-state index contributed by atoms with van der Waals surface area (Å²) in [7, 11) is 0. The fourth-order valence-corrected chi connectivity index (χ4v) is 2.89. The average Bonchev–Trinajstić information content (AvgIpc) is 3.05. The van der Waals surface area contributed by atoms with Crippen LogP contribution in [-0.2, 0) is 4.79 Å². The molecule has 1 fully saturated rings. The number of aromatic nitrogens is 3. The van der Waals surface area contributed by atoms with Gasteiger partial charge in [0.2, 0.25) is 5.91 Å². The minimum atomic E-state index is -0.0233. The van der Waals surface area contributed by atoms with Crippen molar-refractivity contribution in [2.24, 2.45) is 5.92 Å². The molecule has 6 nitrogen and oxygen atoms in total. The van der Waals surface area contributed by atoms with Gasteiger partial charge in [-0.05, 0) is 25.0 Å². The summed E-state index contributed by atoms with van der Waals surface area (Å²) in [5.74, 6) is 1.54. The standard InChI is InChI=1S/C17H21N5O/c1-12(2)17(23)22-11-5-6-13(22)15-16(20-10-9-19-15)21-14-7-3-4-8-18-14/h3-4,7-10,12-13H,5-6,11H2,1-2H3,(H,18,20,21)/t13-/m0/s1. The molecule has 1 saturated heterocycles. The van der Waals surface area contributed by atoms with Gasteiger partial charge in [-0.25, -0.2) is 9.97 Å². The average molecular weight is 311 g/mol. The molecule has 0 unspecified atom stereocenters. The quantitative estimate of drug-likeness (QED) is 0.940. The van der Waals surface area contributed by atoms with E-state index in [1.54, 1.807) is 18.6 Å². The second-order valence-electron chi connectivity index (χ2n) is 5.97. The molecule has 2 aromatic rings. The number of carbonyl (C=O) groups is 1. The first-order chi connectivity index (χ1) is 11.2. The van der Waals surface area contributed by atoms with Crippen LogP contribution in [-0.4, -0.2) is 32.3 Å². The summed E-state index contributed by atoms with van der Waals surface area (Å²) < 4.78 is 0. The van der Waals surface area contributed by atoms with Crippen molar-refractivity contribution in [3.8, 4) is 0 Å². The molecule has 3 rings (SSSR count). The van der Waals surface area contributed by atoms with Gasteiger partial charge in [0.25, 0.3) is 0 Å². The Labute approximate surface area is 136 Å². The second-order valence-corrected chi connectivity index (χ2v) is 5.97. The molecule has 120 valence electrons. The highest BCUT2D eigenvalue weighted by Gasteiger charge is 2.33. The smallest absolute Gasteiger partial charge is 0.225 e. The van der Waals surface area contributed by atoms with Crippen molar-refractivity contribution >= 4 is 17.5 Å². The zero-order valence-electron chi connectivity index (χ0n) is 13.4. The van der Waals surface area contributed by atoms with Gasteiger partial charge < -0.3 is 10.2 Å². The second kappa shape index (κ2) is 6.73. The highest BCUT2D eigenvalue weighted by Crippen LogP contribution is 2.35. The maximum atomic E-state index is 12.4. The van der Waals surface area contributed by atoms with Crippen LogP contribution < -0.4 is 5.32 Å². The molecule has 1 aliphatic heterocycles. The van der Waals surface area contributed by atoms with Crippen LogP contribution in [0.1, 0.15) is 38.4 Å². The number of nitrogens with zero attached hydrogens (tertiary/aromatic N) is 4. The fourth-order valence-electron chi connectivity index (χ4n) is 2.89. The summed E-state index contributed by atoms with van der Waals surface area (Å²) >= 11 is 0. The van der Waals surface area contributed by atoms with Crippen LogP contribution in [0.15, 0.2) is 36.8 Å². The van der Waals surface area contributed by atoms with Crippen molar-refractivity contribution in [3.05, 3.63) is 42.5 Å². The zero-order valence-corrected chi connectivity index (χ0v) is 13.4. The Morgan fingerprint density at radius 2 is 2.04 bits per heavy atom. The minimum absolute atomic E-state index is 0.0144. The Bertz CT molecular complexity index is 674. The van der Waals surface area contributed by atoms with Crippen molar-refractivity contribution < 1.29 is 4.79 Å². The summed E-state index contributed by atoms with van der Waals surface area (Å²) in [5, 5.41) is 3.22. The molecule has 1 atom stereocenters. The number of likely N-dealkylation sites (tertiary alicyclic amines) is 1. The van der Waals surface area contributed by atoms with Gasteiger partial charge in [-0.3, -0.25) is 9.78 Å².